The summed E-state index contributed by atoms with van der Waals surface area (Å²) in [4.78, 5) is 31.4. The van der Waals surface area contributed by atoms with Crippen molar-refractivity contribution in [3.8, 4) is 0 Å². The molecule has 4 rings (SSSR count). The minimum absolute atomic E-state index is 0.162. The fourth-order valence-electron chi connectivity index (χ4n) is 3.34. The van der Waals surface area contributed by atoms with E-state index < -0.39 is 0 Å². The van der Waals surface area contributed by atoms with Crippen LogP contribution in [0.1, 0.15) is 50.3 Å². The second kappa shape index (κ2) is 6.07. The van der Waals surface area contributed by atoms with Crippen molar-refractivity contribution >= 4 is 34.2 Å². The summed E-state index contributed by atoms with van der Waals surface area (Å²) < 4.78 is 0. The number of hydrogen-bond acceptors (Lipinski definition) is 4. The van der Waals surface area contributed by atoms with Gasteiger partial charge in [0, 0.05) is 24.4 Å². The summed E-state index contributed by atoms with van der Waals surface area (Å²) in [5.74, 6) is 1.12. The fraction of sp³-hybridized carbons (Fsp3) is 0.412. The number of hydrogen-bond donors (Lipinski definition) is 3. The lowest BCUT2D eigenvalue weighted by atomic mass is 10.1. The van der Waals surface area contributed by atoms with Crippen LogP contribution in [0.15, 0.2) is 23.3 Å². The number of rotatable bonds is 3. The number of H-pyrrole nitrogens is 1. The van der Waals surface area contributed by atoms with Gasteiger partial charge in [-0.15, -0.1) is 0 Å². The minimum atomic E-state index is -0.287. The van der Waals surface area contributed by atoms with E-state index in [9.17, 15) is 9.59 Å². The highest BCUT2D eigenvalue weighted by atomic mass is 16.2. The predicted molar refractivity (Wildman–Crippen MR) is 90.7 cm³/mol. The molecule has 1 fully saturated rings. The number of nitrogens with one attached hydrogen (secondary N) is 3. The van der Waals surface area contributed by atoms with Gasteiger partial charge < -0.3 is 10.3 Å². The first kappa shape index (κ1) is 14.9. The number of nitrogens with zero attached hydrogens (tertiary/aromatic N) is 2. The van der Waals surface area contributed by atoms with E-state index in [1.54, 1.807) is 0 Å². The molecular weight excluding hydrogens is 306 g/mol. The van der Waals surface area contributed by atoms with E-state index in [-0.39, 0.29) is 18.2 Å². The highest BCUT2D eigenvalue weighted by Crippen LogP contribution is 2.33. The first-order chi connectivity index (χ1) is 11.7. The van der Waals surface area contributed by atoms with Crippen molar-refractivity contribution in [2.75, 3.05) is 5.32 Å². The second-order valence-electron chi connectivity index (χ2n) is 6.38. The first-order valence-corrected chi connectivity index (χ1v) is 8.35. The molecule has 2 heterocycles. The van der Waals surface area contributed by atoms with Gasteiger partial charge in [0.1, 0.15) is 11.5 Å². The molecule has 7 nitrogen and oxygen atoms in total. The molecule has 124 valence electrons. The lowest BCUT2D eigenvalue weighted by molar-refractivity contribution is -0.121. The van der Waals surface area contributed by atoms with Gasteiger partial charge in [-0.25, -0.2) is 10.4 Å². The Hall–Kier alpha value is -2.70. The average Bonchev–Trinajstić information content (AvgIpc) is 3.24. The third-order valence-electron chi connectivity index (χ3n) is 4.67. The average molecular weight is 325 g/mol. The summed E-state index contributed by atoms with van der Waals surface area (Å²) in [6, 6.07) is 5.63. The zero-order valence-electron chi connectivity index (χ0n) is 13.3. The molecule has 0 radical (unpaired) electrons. The summed E-state index contributed by atoms with van der Waals surface area (Å²) in [6.45, 7) is 0. The first-order valence-electron chi connectivity index (χ1n) is 8.35. The van der Waals surface area contributed by atoms with Crippen molar-refractivity contribution in [1.29, 1.82) is 0 Å². The van der Waals surface area contributed by atoms with Gasteiger partial charge in [0.05, 0.1) is 11.0 Å². The number of aromatic amines is 1. The predicted octanol–water partition coefficient (Wildman–Crippen LogP) is 2.42. The van der Waals surface area contributed by atoms with E-state index in [4.69, 9.17) is 0 Å². The van der Waals surface area contributed by atoms with Gasteiger partial charge in [0.2, 0.25) is 5.91 Å². The quantitative estimate of drug-likeness (QED) is 0.808. The monoisotopic (exact) mass is 325 g/mol. The second-order valence-corrected chi connectivity index (χ2v) is 6.38. The number of fused-ring (bicyclic) bond motifs is 1. The minimum Gasteiger partial charge on any atom is -0.342 e. The standard InChI is InChI=1S/C17H19N5O2/c23-15-8-7-13(21-22-15)17(24)18-11-5-6-12-14(9-11)20-16(19-12)10-3-1-2-4-10/h5-6,9-10H,1-4,7-8H2,(H,18,24)(H,19,20)(H,22,23). The molecule has 1 aliphatic carbocycles. The van der Waals surface area contributed by atoms with E-state index in [1.807, 2.05) is 18.2 Å². The number of amides is 2. The number of carbonyl (C=O) groups is 2. The van der Waals surface area contributed by atoms with Crippen molar-refractivity contribution in [2.24, 2.45) is 5.10 Å². The Bertz CT molecular complexity index is 833. The molecule has 0 saturated heterocycles. The van der Waals surface area contributed by atoms with Crippen molar-refractivity contribution in [1.82, 2.24) is 15.4 Å². The summed E-state index contributed by atoms with van der Waals surface area (Å²) in [6.07, 6.45) is 5.56. The van der Waals surface area contributed by atoms with Crippen molar-refractivity contribution in [3.63, 3.8) is 0 Å². The molecule has 0 bridgehead atoms. The van der Waals surface area contributed by atoms with Crippen LogP contribution in [0.2, 0.25) is 0 Å². The summed E-state index contributed by atoms with van der Waals surface area (Å²) >= 11 is 0. The lowest BCUT2D eigenvalue weighted by Gasteiger charge is -2.11. The number of aromatic nitrogens is 2. The van der Waals surface area contributed by atoms with E-state index in [1.165, 1.54) is 25.7 Å². The molecule has 1 aromatic carbocycles. The number of imidazole rings is 1. The Kier molecular flexibility index (Phi) is 3.76. The summed E-state index contributed by atoms with van der Waals surface area (Å²) in [7, 11) is 0. The molecule has 0 atom stereocenters. The molecule has 2 aromatic rings. The van der Waals surface area contributed by atoms with Gasteiger partial charge in [-0.1, -0.05) is 12.8 Å². The topological polar surface area (TPSA) is 99.2 Å². The Balaban J connectivity index is 1.52. The van der Waals surface area contributed by atoms with Gasteiger partial charge in [0.25, 0.3) is 5.91 Å². The highest BCUT2D eigenvalue weighted by molar-refractivity contribution is 6.43. The lowest BCUT2D eigenvalue weighted by Crippen LogP contribution is -2.32. The molecule has 1 aliphatic heterocycles. The molecule has 2 amide bonds. The van der Waals surface area contributed by atoms with Crippen LogP contribution in [0.5, 0.6) is 0 Å². The maximum atomic E-state index is 12.2. The normalized spacial score (nSPS) is 18.5. The van der Waals surface area contributed by atoms with E-state index in [2.05, 4.69) is 25.8 Å². The van der Waals surface area contributed by atoms with E-state index in [0.29, 0.717) is 23.7 Å². The third kappa shape index (κ3) is 2.89. The largest absolute Gasteiger partial charge is 0.342 e. The molecule has 2 aliphatic rings. The molecule has 1 aromatic heterocycles. The van der Waals surface area contributed by atoms with Gasteiger partial charge >= 0.3 is 0 Å². The Labute approximate surface area is 138 Å². The maximum Gasteiger partial charge on any atom is 0.271 e. The van der Waals surface area contributed by atoms with Gasteiger partial charge in [-0.2, -0.15) is 5.10 Å². The van der Waals surface area contributed by atoms with Crippen LogP contribution in [0.4, 0.5) is 5.69 Å². The van der Waals surface area contributed by atoms with Crippen LogP contribution < -0.4 is 10.7 Å². The zero-order chi connectivity index (χ0) is 16.5. The van der Waals surface area contributed by atoms with Crippen LogP contribution in [-0.2, 0) is 9.59 Å². The van der Waals surface area contributed by atoms with E-state index in [0.717, 1.165) is 16.9 Å². The molecule has 3 N–H and O–H groups in total. The number of hydrazone groups is 1. The SMILES string of the molecule is O=C1CCC(C(=O)Nc2ccc3nc(C4CCCC4)[nH]c3c2)=NN1. The van der Waals surface area contributed by atoms with Crippen molar-refractivity contribution in [2.45, 2.75) is 44.4 Å². The molecular formula is C17H19N5O2. The van der Waals surface area contributed by atoms with Gasteiger partial charge in [-0.3, -0.25) is 9.59 Å². The fourth-order valence-corrected chi connectivity index (χ4v) is 3.34. The van der Waals surface area contributed by atoms with Crippen molar-refractivity contribution in [3.05, 3.63) is 24.0 Å². The maximum absolute atomic E-state index is 12.2. The smallest absolute Gasteiger partial charge is 0.271 e. The van der Waals surface area contributed by atoms with Crippen LogP contribution in [0, 0.1) is 0 Å². The van der Waals surface area contributed by atoms with Crippen LogP contribution in [0.25, 0.3) is 11.0 Å². The van der Waals surface area contributed by atoms with E-state index >= 15 is 0 Å². The Morgan fingerprint density at radius 2 is 2.04 bits per heavy atom. The summed E-state index contributed by atoms with van der Waals surface area (Å²) in [5, 5.41) is 6.64. The molecule has 7 heteroatoms. The Morgan fingerprint density at radius 1 is 1.21 bits per heavy atom. The highest BCUT2D eigenvalue weighted by Gasteiger charge is 2.21. The Morgan fingerprint density at radius 3 is 2.79 bits per heavy atom. The van der Waals surface area contributed by atoms with Crippen LogP contribution in [-0.4, -0.2) is 27.5 Å². The van der Waals surface area contributed by atoms with Crippen LogP contribution >= 0.6 is 0 Å². The molecule has 1 saturated carbocycles. The van der Waals surface area contributed by atoms with Crippen molar-refractivity contribution < 1.29 is 9.59 Å². The third-order valence-corrected chi connectivity index (χ3v) is 4.67. The molecule has 0 spiro atoms. The number of carbonyl (C=O) groups excluding carboxylic acids is 2. The number of benzene rings is 1. The molecule has 24 heavy (non-hydrogen) atoms. The zero-order valence-corrected chi connectivity index (χ0v) is 13.3. The van der Waals surface area contributed by atoms with Crippen LogP contribution in [0.3, 0.4) is 0 Å². The van der Waals surface area contributed by atoms with Gasteiger partial charge in [-0.05, 0) is 31.0 Å². The van der Waals surface area contributed by atoms with Gasteiger partial charge in [0.15, 0.2) is 0 Å². The summed E-state index contributed by atoms with van der Waals surface area (Å²) in [5.41, 5.74) is 5.20. The molecule has 0 unspecified atom stereocenters. The number of anilines is 1.